The highest BCUT2D eigenvalue weighted by Crippen LogP contribution is 2.25. The van der Waals surface area contributed by atoms with Gasteiger partial charge in [-0.15, -0.1) is 16.8 Å². The lowest BCUT2D eigenvalue weighted by atomic mass is 10.2. The third kappa shape index (κ3) is 5.10. The molecule has 0 atom stereocenters. The van der Waals surface area contributed by atoms with E-state index in [-0.39, 0.29) is 17.7 Å². The van der Waals surface area contributed by atoms with Gasteiger partial charge in [-0.3, -0.25) is 14.7 Å². The SMILES string of the molecule is C=CCn1c(SCC(=O)NC(=O)NC2CC2)nnc1-c1ccc(OC)cc1. The lowest BCUT2D eigenvalue weighted by Crippen LogP contribution is -2.41. The van der Waals surface area contributed by atoms with Gasteiger partial charge in [0.05, 0.1) is 12.9 Å². The van der Waals surface area contributed by atoms with E-state index in [4.69, 9.17) is 4.74 Å². The number of ether oxygens (including phenoxy) is 1. The van der Waals surface area contributed by atoms with Crippen LogP contribution in [-0.2, 0) is 11.3 Å². The van der Waals surface area contributed by atoms with Crippen molar-refractivity contribution in [1.29, 1.82) is 0 Å². The van der Waals surface area contributed by atoms with Crippen molar-refractivity contribution in [2.75, 3.05) is 12.9 Å². The molecule has 0 saturated heterocycles. The van der Waals surface area contributed by atoms with Crippen molar-refractivity contribution >= 4 is 23.7 Å². The summed E-state index contributed by atoms with van der Waals surface area (Å²) in [5, 5.41) is 14.0. The molecule has 0 aliphatic heterocycles. The molecule has 0 spiro atoms. The Morgan fingerprint density at radius 2 is 2.07 bits per heavy atom. The largest absolute Gasteiger partial charge is 0.497 e. The Bertz CT molecular complexity index is 830. The molecule has 1 saturated carbocycles. The normalized spacial score (nSPS) is 13.1. The van der Waals surface area contributed by atoms with Crippen LogP contribution in [0.3, 0.4) is 0 Å². The fourth-order valence-electron chi connectivity index (χ4n) is 2.38. The molecule has 0 bridgehead atoms. The number of hydrogen-bond acceptors (Lipinski definition) is 6. The number of hydrogen-bond donors (Lipinski definition) is 2. The van der Waals surface area contributed by atoms with Gasteiger partial charge in [0, 0.05) is 18.2 Å². The van der Waals surface area contributed by atoms with E-state index in [9.17, 15) is 9.59 Å². The third-order valence-corrected chi connectivity index (χ3v) is 4.84. The zero-order chi connectivity index (χ0) is 19.2. The second-order valence-electron chi connectivity index (χ2n) is 6.02. The summed E-state index contributed by atoms with van der Waals surface area (Å²) in [6.45, 7) is 4.27. The molecule has 1 aliphatic rings. The molecule has 2 aromatic rings. The first-order valence-electron chi connectivity index (χ1n) is 8.52. The minimum atomic E-state index is -0.449. The molecule has 2 N–H and O–H groups in total. The van der Waals surface area contributed by atoms with Gasteiger partial charge in [0.1, 0.15) is 5.75 Å². The maximum absolute atomic E-state index is 12.0. The highest BCUT2D eigenvalue weighted by molar-refractivity contribution is 7.99. The Kier molecular flexibility index (Phi) is 6.12. The highest BCUT2D eigenvalue weighted by Gasteiger charge is 2.24. The number of allylic oxidation sites excluding steroid dienone is 1. The molecule has 0 unspecified atom stereocenters. The second-order valence-corrected chi connectivity index (χ2v) is 6.96. The standard InChI is InChI=1S/C18H21N5O3S/c1-3-10-23-16(12-4-8-14(26-2)9-5-12)21-22-18(23)27-11-15(24)20-17(25)19-13-6-7-13/h3-5,8-9,13H,1,6-7,10-11H2,2H3,(H2,19,20,24,25). The molecule has 142 valence electrons. The summed E-state index contributed by atoms with van der Waals surface area (Å²) in [6.07, 6.45) is 3.67. The van der Waals surface area contributed by atoms with E-state index in [0.717, 1.165) is 24.2 Å². The molecule has 1 heterocycles. The Balaban J connectivity index is 1.65. The van der Waals surface area contributed by atoms with Gasteiger partial charge in [0.2, 0.25) is 5.91 Å². The van der Waals surface area contributed by atoms with Crippen LogP contribution < -0.4 is 15.4 Å². The Morgan fingerprint density at radius 1 is 1.33 bits per heavy atom. The number of urea groups is 1. The molecule has 3 rings (SSSR count). The molecule has 1 aromatic carbocycles. The predicted octanol–water partition coefficient (Wildman–Crippen LogP) is 2.22. The molecule has 0 radical (unpaired) electrons. The number of carbonyl (C=O) groups is 2. The molecule has 1 fully saturated rings. The monoisotopic (exact) mass is 387 g/mol. The van der Waals surface area contributed by atoms with Gasteiger partial charge >= 0.3 is 6.03 Å². The second kappa shape index (κ2) is 8.72. The Labute approximate surface area is 161 Å². The molecule has 1 aliphatic carbocycles. The van der Waals surface area contributed by atoms with E-state index >= 15 is 0 Å². The van der Waals surface area contributed by atoms with Crippen LogP contribution in [0, 0.1) is 0 Å². The van der Waals surface area contributed by atoms with Crippen molar-refractivity contribution in [2.45, 2.75) is 30.6 Å². The maximum atomic E-state index is 12.0. The number of imide groups is 1. The van der Waals surface area contributed by atoms with Crippen LogP contribution in [0.4, 0.5) is 4.79 Å². The zero-order valence-electron chi connectivity index (χ0n) is 15.0. The van der Waals surface area contributed by atoms with Gasteiger partial charge in [-0.2, -0.15) is 0 Å². The number of rotatable bonds is 8. The lowest BCUT2D eigenvalue weighted by molar-refractivity contribution is -0.117. The number of nitrogens with zero attached hydrogens (tertiary/aromatic N) is 3. The van der Waals surface area contributed by atoms with Crippen molar-refractivity contribution < 1.29 is 14.3 Å². The Morgan fingerprint density at radius 3 is 2.70 bits per heavy atom. The fourth-order valence-corrected chi connectivity index (χ4v) is 3.13. The molecular formula is C18H21N5O3S. The summed E-state index contributed by atoms with van der Waals surface area (Å²) in [4.78, 5) is 23.6. The van der Waals surface area contributed by atoms with E-state index < -0.39 is 6.03 Å². The van der Waals surface area contributed by atoms with E-state index in [1.807, 2.05) is 28.8 Å². The molecule has 3 amide bonds. The number of amides is 3. The number of nitrogens with one attached hydrogen (secondary N) is 2. The molecule has 27 heavy (non-hydrogen) atoms. The van der Waals surface area contributed by atoms with Gasteiger partial charge < -0.3 is 10.1 Å². The average molecular weight is 387 g/mol. The highest BCUT2D eigenvalue weighted by atomic mass is 32.2. The predicted molar refractivity (Wildman–Crippen MR) is 103 cm³/mol. The fraction of sp³-hybridized carbons (Fsp3) is 0.333. The smallest absolute Gasteiger partial charge is 0.321 e. The molecular weight excluding hydrogens is 366 g/mol. The molecule has 9 heteroatoms. The van der Waals surface area contributed by atoms with Crippen LogP contribution in [0.5, 0.6) is 5.75 Å². The first-order chi connectivity index (χ1) is 13.1. The van der Waals surface area contributed by atoms with Crippen molar-refractivity contribution in [3.05, 3.63) is 36.9 Å². The van der Waals surface area contributed by atoms with Crippen LogP contribution in [-0.4, -0.2) is 45.6 Å². The number of carbonyl (C=O) groups excluding carboxylic acids is 2. The van der Waals surface area contributed by atoms with Crippen LogP contribution in [0.2, 0.25) is 0 Å². The zero-order valence-corrected chi connectivity index (χ0v) is 15.8. The maximum Gasteiger partial charge on any atom is 0.321 e. The summed E-state index contributed by atoms with van der Waals surface area (Å²) in [5.41, 5.74) is 0.880. The molecule has 8 nitrogen and oxygen atoms in total. The first-order valence-corrected chi connectivity index (χ1v) is 9.51. The number of benzene rings is 1. The van der Waals surface area contributed by atoms with Crippen LogP contribution in [0.25, 0.3) is 11.4 Å². The minimum absolute atomic E-state index is 0.0655. The summed E-state index contributed by atoms with van der Waals surface area (Å²) < 4.78 is 7.04. The lowest BCUT2D eigenvalue weighted by Gasteiger charge is -2.08. The van der Waals surface area contributed by atoms with E-state index in [1.165, 1.54) is 11.8 Å². The molecule has 1 aromatic heterocycles. The van der Waals surface area contributed by atoms with E-state index in [2.05, 4.69) is 27.4 Å². The minimum Gasteiger partial charge on any atom is -0.497 e. The Hall–Kier alpha value is -2.81. The van der Waals surface area contributed by atoms with Crippen molar-refractivity contribution in [3.8, 4) is 17.1 Å². The van der Waals surface area contributed by atoms with Crippen LogP contribution in [0.1, 0.15) is 12.8 Å². The van der Waals surface area contributed by atoms with Crippen LogP contribution >= 0.6 is 11.8 Å². The van der Waals surface area contributed by atoms with Crippen molar-refractivity contribution in [1.82, 2.24) is 25.4 Å². The summed E-state index contributed by atoms with van der Waals surface area (Å²) in [6, 6.07) is 7.24. The van der Waals surface area contributed by atoms with Gasteiger partial charge in [0.25, 0.3) is 0 Å². The van der Waals surface area contributed by atoms with Crippen LogP contribution in [0.15, 0.2) is 42.1 Å². The number of thioether (sulfide) groups is 1. The quantitative estimate of drug-likeness (QED) is 0.532. The van der Waals surface area contributed by atoms with E-state index in [1.54, 1.807) is 13.2 Å². The van der Waals surface area contributed by atoms with Gasteiger partial charge in [0.15, 0.2) is 11.0 Å². The average Bonchev–Trinajstić information content (AvgIpc) is 3.39. The first kappa shape index (κ1) is 19.0. The third-order valence-electron chi connectivity index (χ3n) is 3.87. The topological polar surface area (TPSA) is 98.1 Å². The summed E-state index contributed by atoms with van der Waals surface area (Å²) in [5.74, 6) is 1.12. The summed E-state index contributed by atoms with van der Waals surface area (Å²) >= 11 is 1.22. The van der Waals surface area contributed by atoms with Crippen molar-refractivity contribution in [3.63, 3.8) is 0 Å². The number of methoxy groups -OCH3 is 1. The number of aromatic nitrogens is 3. The van der Waals surface area contributed by atoms with E-state index in [0.29, 0.717) is 17.5 Å². The van der Waals surface area contributed by atoms with Gasteiger partial charge in [-0.25, -0.2) is 4.79 Å². The van der Waals surface area contributed by atoms with Crippen molar-refractivity contribution in [2.24, 2.45) is 0 Å². The summed E-state index contributed by atoms with van der Waals surface area (Å²) in [7, 11) is 1.61. The van der Waals surface area contributed by atoms with Gasteiger partial charge in [-0.05, 0) is 37.1 Å². The van der Waals surface area contributed by atoms with Gasteiger partial charge in [-0.1, -0.05) is 17.8 Å².